The van der Waals surface area contributed by atoms with Crippen LogP contribution >= 0.6 is 12.2 Å². The number of thiocarbonyl (C=S) groups is 1. The van der Waals surface area contributed by atoms with Gasteiger partial charge in [0.2, 0.25) is 0 Å². The van der Waals surface area contributed by atoms with Crippen molar-refractivity contribution < 1.29 is 14.3 Å². The molecule has 156 valence electrons. The molecule has 5 nitrogen and oxygen atoms in total. The van der Waals surface area contributed by atoms with Crippen LogP contribution in [0, 0.1) is 13.8 Å². The summed E-state index contributed by atoms with van der Waals surface area (Å²) in [7, 11) is 0. The molecule has 1 aromatic heterocycles. The largest absolute Gasteiger partial charge is 0.506 e. The molecule has 0 atom stereocenters. The Kier molecular flexibility index (Phi) is 5.99. The van der Waals surface area contributed by atoms with Gasteiger partial charge in [0, 0.05) is 5.56 Å². The molecule has 0 unspecified atom stereocenters. The van der Waals surface area contributed by atoms with Crippen molar-refractivity contribution in [2.24, 2.45) is 0 Å². The third-order valence-electron chi connectivity index (χ3n) is 4.96. The molecule has 0 aliphatic heterocycles. The van der Waals surface area contributed by atoms with Crippen molar-refractivity contribution in [1.29, 1.82) is 0 Å². The molecule has 3 rings (SSSR count). The highest BCUT2D eigenvalue weighted by Crippen LogP contribution is 2.30. The number of phenols is 1. The Labute approximate surface area is 182 Å². The van der Waals surface area contributed by atoms with Crippen LogP contribution in [0.15, 0.2) is 52.9 Å². The number of hydrogen-bond donors (Lipinski definition) is 3. The lowest BCUT2D eigenvalue weighted by Crippen LogP contribution is -2.34. The van der Waals surface area contributed by atoms with Gasteiger partial charge in [-0.3, -0.25) is 10.1 Å². The third-order valence-corrected chi connectivity index (χ3v) is 5.16. The van der Waals surface area contributed by atoms with Gasteiger partial charge < -0.3 is 14.8 Å². The minimum absolute atomic E-state index is 0.0506. The molecular formula is C24H26N2O3S. The normalized spacial score (nSPS) is 11.2. The first-order valence-electron chi connectivity index (χ1n) is 9.68. The molecule has 6 heteroatoms. The van der Waals surface area contributed by atoms with Crippen LogP contribution in [0.4, 0.5) is 5.69 Å². The first-order valence-corrected chi connectivity index (χ1v) is 10.1. The molecule has 1 amide bonds. The number of carbonyl (C=O) groups excluding carboxylic acids is 1. The van der Waals surface area contributed by atoms with Gasteiger partial charge in [0.15, 0.2) is 10.9 Å². The summed E-state index contributed by atoms with van der Waals surface area (Å²) in [4.78, 5) is 12.5. The monoisotopic (exact) mass is 422 g/mol. The molecule has 0 aliphatic carbocycles. The maximum atomic E-state index is 12.5. The summed E-state index contributed by atoms with van der Waals surface area (Å²) in [5, 5.41) is 15.7. The van der Waals surface area contributed by atoms with E-state index in [4.69, 9.17) is 16.6 Å². The first kappa shape index (κ1) is 21.6. The zero-order valence-corrected chi connectivity index (χ0v) is 18.6. The van der Waals surface area contributed by atoms with E-state index in [2.05, 4.69) is 31.4 Å². The van der Waals surface area contributed by atoms with E-state index in [9.17, 15) is 9.90 Å². The van der Waals surface area contributed by atoms with E-state index in [1.165, 1.54) is 5.56 Å². The third kappa shape index (κ3) is 4.89. The molecule has 30 heavy (non-hydrogen) atoms. The highest BCUT2D eigenvalue weighted by Gasteiger charge is 2.17. The predicted octanol–water partition coefficient (Wildman–Crippen LogP) is 5.69. The molecular weight excluding hydrogens is 396 g/mol. The van der Waals surface area contributed by atoms with Crippen LogP contribution in [0.25, 0.3) is 11.3 Å². The molecule has 0 saturated carbocycles. The highest BCUT2D eigenvalue weighted by molar-refractivity contribution is 7.80. The Morgan fingerprint density at radius 1 is 1.00 bits per heavy atom. The number of aryl methyl sites for hydroxylation is 2. The molecule has 0 fully saturated rings. The fourth-order valence-electron chi connectivity index (χ4n) is 2.93. The standard InChI is InChI=1S/C24H26N2O3S/c1-14-6-7-16(12-15(14)2)20-10-11-21(29-20)22(28)26-23(30)25-18-13-17(24(3,4)5)8-9-19(18)27/h6-13,27H,1-5H3,(H2,25,26,28,30). The average molecular weight is 423 g/mol. The van der Waals surface area contributed by atoms with Crippen molar-refractivity contribution in [1.82, 2.24) is 5.32 Å². The summed E-state index contributed by atoms with van der Waals surface area (Å²) in [6.45, 7) is 10.3. The molecule has 0 aliphatic rings. The van der Waals surface area contributed by atoms with Crippen LogP contribution in [-0.2, 0) is 5.41 Å². The van der Waals surface area contributed by atoms with Crippen LogP contribution in [0.5, 0.6) is 5.75 Å². The van der Waals surface area contributed by atoms with Crippen molar-refractivity contribution in [2.75, 3.05) is 5.32 Å². The van der Waals surface area contributed by atoms with Crippen LogP contribution in [0.3, 0.4) is 0 Å². The molecule has 3 N–H and O–H groups in total. The van der Waals surface area contributed by atoms with E-state index in [0.717, 1.165) is 16.7 Å². The number of nitrogens with one attached hydrogen (secondary N) is 2. The van der Waals surface area contributed by atoms with Crippen molar-refractivity contribution in [3.05, 3.63) is 71.0 Å². The number of carbonyl (C=O) groups is 1. The quantitative estimate of drug-likeness (QED) is 0.373. The number of rotatable bonds is 3. The van der Waals surface area contributed by atoms with Crippen LogP contribution in [-0.4, -0.2) is 16.1 Å². The van der Waals surface area contributed by atoms with E-state index in [1.54, 1.807) is 18.2 Å². The fraction of sp³-hybridized carbons (Fsp3) is 0.250. The number of phenolic OH excluding ortho intramolecular Hbond substituents is 1. The topological polar surface area (TPSA) is 74.5 Å². The van der Waals surface area contributed by atoms with Crippen molar-refractivity contribution >= 4 is 28.9 Å². The summed E-state index contributed by atoms with van der Waals surface area (Å²) in [5.74, 6) is 0.348. The molecule has 1 heterocycles. The van der Waals surface area contributed by atoms with E-state index in [-0.39, 0.29) is 22.0 Å². The molecule has 0 saturated heterocycles. The highest BCUT2D eigenvalue weighted by atomic mass is 32.1. The first-order chi connectivity index (χ1) is 14.0. The van der Waals surface area contributed by atoms with E-state index < -0.39 is 5.91 Å². The van der Waals surface area contributed by atoms with Gasteiger partial charge in [-0.15, -0.1) is 0 Å². The number of hydrogen-bond acceptors (Lipinski definition) is 4. The average Bonchev–Trinajstić information content (AvgIpc) is 3.15. The summed E-state index contributed by atoms with van der Waals surface area (Å²) in [5.41, 5.74) is 4.62. The van der Waals surface area contributed by atoms with Gasteiger partial charge in [0.25, 0.3) is 5.91 Å². The summed E-state index contributed by atoms with van der Waals surface area (Å²) < 4.78 is 5.72. The van der Waals surface area contributed by atoms with E-state index in [1.807, 2.05) is 44.2 Å². The number of benzene rings is 2. The molecule has 3 aromatic rings. The number of anilines is 1. The zero-order chi connectivity index (χ0) is 22.1. The Balaban J connectivity index is 1.70. The van der Waals surface area contributed by atoms with Crippen LogP contribution in [0.2, 0.25) is 0 Å². The van der Waals surface area contributed by atoms with Gasteiger partial charge in [-0.05, 0) is 78.5 Å². The van der Waals surface area contributed by atoms with Crippen molar-refractivity contribution in [3.8, 4) is 17.1 Å². The summed E-state index contributed by atoms with van der Waals surface area (Å²) >= 11 is 5.24. The smallest absolute Gasteiger partial charge is 0.293 e. The van der Waals surface area contributed by atoms with Gasteiger partial charge >= 0.3 is 0 Å². The zero-order valence-electron chi connectivity index (χ0n) is 17.8. The summed E-state index contributed by atoms with van der Waals surface area (Å²) in [6, 6.07) is 14.7. The second-order valence-electron chi connectivity index (χ2n) is 8.35. The molecule has 0 bridgehead atoms. The minimum Gasteiger partial charge on any atom is -0.506 e. The lowest BCUT2D eigenvalue weighted by Gasteiger charge is -2.20. The van der Waals surface area contributed by atoms with Crippen LogP contribution < -0.4 is 10.6 Å². The van der Waals surface area contributed by atoms with Crippen molar-refractivity contribution in [3.63, 3.8) is 0 Å². The predicted molar refractivity (Wildman–Crippen MR) is 124 cm³/mol. The lowest BCUT2D eigenvalue weighted by atomic mass is 9.87. The number of furan rings is 1. The van der Waals surface area contributed by atoms with Crippen molar-refractivity contribution in [2.45, 2.75) is 40.0 Å². The van der Waals surface area contributed by atoms with Gasteiger partial charge in [0.05, 0.1) is 5.69 Å². The van der Waals surface area contributed by atoms with Gasteiger partial charge in [0.1, 0.15) is 11.5 Å². The number of aromatic hydroxyl groups is 1. The van der Waals surface area contributed by atoms with E-state index >= 15 is 0 Å². The maximum Gasteiger partial charge on any atom is 0.293 e. The molecule has 0 radical (unpaired) electrons. The van der Waals surface area contributed by atoms with Gasteiger partial charge in [-0.25, -0.2) is 0 Å². The maximum absolute atomic E-state index is 12.5. The number of amides is 1. The Hall–Kier alpha value is -3.12. The second kappa shape index (κ2) is 8.32. The van der Waals surface area contributed by atoms with Crippen LogP contribution in [0.1, 0.15) is 48.0 Å². The molecule has 0 spiro atoms. The minimum atomic E-state index is -0.464. The van der Waals surface area contributed by atoms with Gasteiger partial charge in [-0.2, -0.15) is 0 Å². The Morgan fingerprint density at radius 2 is 1.73 bits per heavy atom. The Bertz CT molecular complexity index is 1110. The second-order valence-corrected chi connectivity index (χ2v) is 8.76. The fourth-order valence-corrected chi connectivity index (χ4v) is 3.13. The van der Waals surface area contributed by atoms with Gasteiger partial charge in [-0.1, -0.05) is 39.0 Å². The SMILES string of the molecule is Cc1ccc(-c2ccc(C(=O)NC(=S)Nc3cc(C(C)(C)C)ccc3O)o2)cc1C. The van der Waals surface area contributed by atoms with E-state index in [0.29, 0.717) is 11.4 Å². The molecule has 2 aromatic carbocycles. The lowest BCUT2D eigenvalue weighted by molar-refractivity contribution is 0.0951. The Morgan fingerprint density at radius 3 is 2.40 bits per heavy atom. The summed E-state index contributed by atoms with van der Waals surface area (Å²) in [6.07, 6.45) is 0.